The Morgan fingerprint density at radius 2 is 0.820 bits per heavy atom. The lowest BCUT2D eigenvalue weighted by Crippen LogP contribution is -2.01. The quantitative estimate of drug-likeness (QED) is 0.0390. The van der Waals surface area contributed by atoms with Crippen molar-refractivity contribution < 1.29 is 64.7 Å². The Balaban J connectivity index is 0.000000312. The summed E-state index contributed by atoms with van der Waals surface area (Å²) in [4.78, 5) is 23.9. The molecule has 0 radical (unpaired) electrons. The van der Waals surface area contributed by atoms with Crippen molar-refractivity contribution >= 4 is 35.9 Å². The molecule has 5 aromatic rings. The number of allylic oxidation sites excluding steroid dienone is 2. The zero-order chi connectivity index (χ0) is 45.0. The van der Waals surface area contributed by atoms with Crippen molar-refractivity contribution in [3.8, 4) is 46.0 Å². The fraction of sp³-hybridized carbons (Fsp3) is 0.167. The molecule has 0 aliphatic heterocycles. The number of hydrogen-bond donors (Lipinski definition) is 8. The van der Waals surface area contributed by atoms with Crippen LogP contribution in [-0.2, 0) is 16.0 Å². The number of methoxy groups -OCH3 is 3. The highest BCUT2D eigenvalue weighted by atomic mass is 16.5. The highest BCUT2D eigenvalue weighted by Crippen LogP contribution is 2.28. The van der Waals surface area contributed by atoms with E-state index in [1.54, 1.807) is 127 Å². The fourth-order valence-corrected chi connectivity index (χ4v) is 4.82. The van der Waals surface area contributed by atoms with E-state index in [0.717, 1.165) is 16.7 Å². The maximum atomic E-state index is 11.9. The van der Waals surface area contributed by atoms with Crippen LogP contribution >= 0.6 is 0 Å². The lowest BCUT2D eigenvalue weighted by atomic mass is 10.1. The number of phenols is 5. The van der Waals surface area contributed by atoms with Gasteiger partial charge in [-0.3, -0.25) is 9.59 Å². The summed E-state index contributed by atoms with van der Waals surface area (Å²) in [6.07, 6.45) is 12.9. The molecule has 0 unspecified atom stereocenters. The first-order valence-corrected chi connectivity index (χ1v) is 18.6. The number of ketones is 2. The summed E-state index contributed by atoms with van der Waals surface area (Å²) in [7, 11) is 4.36. The third-order valence-corrected chi connectivity index (χ3v) is 7.94. The summed E-state index contributed by atoms with van der Waals surface area (Å²) in [5.41, 5.74) is 4.22. The van der Waals surface area contributed by atoms with Crippen LogP contribution in [0.1, 0.15) is 34.2 Å². The Hall–Kier alpha value is -7.32. The SMILES string of the molecule is COc1cc(/C=C/C(=O)CC(=O)/C=C/c2ccc(O)c(OC)c2)ccc1O.COc1cc(/C=C/CO)ccc1O.OC/C=C/c1ccc(O)cc1.OCCc1ccc(O)cc1. The Bertz CT molecular complexity index is 2130. The molecule has 13 nitrogen and oxygen atoms in total. The van der Waals surface area contributed by atoms with Crippen LogP contribution in [0.2, 0.25) is 0 Å². The molecular formula is C48H52O13. The topological polar surface area (TPSA) is 224 Å². The van der Waals surface area contributed by atoms with Crippen LogP contribution in [0, 0.1) is 0 Å². The Morgan fingerprint density at radius 3 is 1.18 bits per heavy atom. The lowest BCUT2D eigenvalue weighted by molar-refractivity contribution is -0.121. The van der Waals surface area contributed by atoms with Crippen molar-refractivity contribution in [3.05, 3.63) is 155 Å². The van der Waals surface area contributed by atoms with Gasteiger partial charge >= 0.3 is 0 Å². The average Bonchev–Trinajstić information content (AvgIpc) is 3.27. The minimum atomic E-state index is -0.347. The van der Waals surface area contributed by atoms with E-state index in [4.69, 9.17) is 39.7 Å². The molecule has 0 aliphatic carbocycles. The molecule has 0 saturated carbocycles. The van der Waals surface area contributed by atoms with Crippen LogP contribution in [-0.4, -0.2) is 93.6 Å². The molecule has 0 fully saturated rings. The van der Waals surface area contributed by atoms with Gasteiger partial charge in [0.25, 0.3) is 0 Å². The van der Waals surface area contributed by atoms with E-state index in [0.29, 0.717) is 34.8 Å². The number of benzene rings is 5. The number of aliphatic hydroxyl groups is 3. The van der Waals surface area contributed by atoms with Gasteiger partial charge in [-0.05, 0) is 107 Å². The minimum absolute atomic E-state index is 0.00317. The molecule has 0 spiro atoms. The third-order valence-electron chi connectivity index (χ3n) is 7.94. The second-order valence-electron chi connectivity index (χ2n) is 12.5. The number of aromatic hydroxyl groups is 5. The van der Waals surface area contributed by atoms with Gasteiger partial charge < -0.3 is 55.1 Å². The molecule has 0 aromatic heterocycles. The predicted octanol–water partition coefficient (Wildman–Crippen LogP) is 7.10. The smallest absolute Gasteiger partial charge is 0.163 e. The fourth-order valence-electron chi connectivity index (χ4n) is 4.82. The lowest BCUT2D eigenvalue weighted by Gasteiger charge is -2.03. The van der Waals surface area contributed by atoms with Gasteiger partial charge in [-0.25, -0.2) is 0 Å². The minimum Gasteiger partial charge on any atom is -0.508 e. The summed E-state index contributed by atoms with van der Waals surface area (Å²) in [6.45, 7) is 0.203. The molecule has 5 rings (SSSR count). The molecule has 5 aromatic carbocycles. The molecule has 322 valence electrons. The number of carbonyl (C=O) groups excluding carboxylic acids is 2. The van der Waals surface area contributed by atoms with Gasteiger partial charge in [0.15, 0.2) is 46.1 Å². The zero-order valence-corrected chi connectivity index (χ0v) is 34.1. The van der Waals surface area contributed by atoms with Gasteiger partial charge in [0, 0.05) is 6.61 Å². The highest BCUT2D eigenvalue weighted by Gasteiger charge is 2.06. The number of carbonyl (C=O) groups is 2. The van der Waals surface area contributed by atoms with Crippen molar-refractivity contribution in [2.75, 3.05) is 41.2 Å². The molecular weight excluding hydrogens is 785 g/mol. The van der Waals surface area contributed by atoms with Crippen LogP contribution in [0.15, 0.2) is 127 Å². The maximum Gasteiger partial charge on any atom is 0.163 e. The average molecular weight is 837 g/mol. The van der Waals surface area contributed by atoms with Crippen LogP contribution in [0.25, 0.3) is 24.3 Å². The second kappa shape index (κ2) is 28.2. The molecule has 0 amide bonds. The van der Waals surface area contributed by atoms with E-state index >= 15 is 0 Å². The molecule has 0 aliphatic rings. The maximum absolute atomic E-state index is 11.9. The number of hydrogen-bond acceptors (Lipinski definition) is 13. The van der Waals surface area contributed by atoms with Gasteiger partial charge in [0.2, 0.25) is 0 Å². The van der Waals surface area contributed by atoms with Crippen LogP contribution in [0.4, 0.5) is 0 Å². The van der Waals surface area contributed by atoms with Crippen molar-refractivity contribution in [2.24, 2.45) is 0 Å². The van der Waals surface area contributed by atoms with E-state index in [-0.39, 0.29) is 66.6 Å². The van der Waals surface area contributed by atoms with Gasteiger partial charge in [-0.15, -0.1) is 0 Å². The summed E-state index contributed by atoms with van der Waals surface area (Å²) < 4.78 is 14.9. The summed E-state index contributed by atoms with van der Waals surface area (Å²) in [5.74, 6) is 0.983. The van der Waals surface area contributed by atoms with Crippen molar-refractivity contribution in [1.29, 1.82) is 0 Å². The van der Waals surface area contributed by atoms with E-state index in [1.165, 1.54) is 45.6 Å². The van der Waals surface area contributed by atoms with E-state index in [2.05, 4.69) is 0 Å². The third kappa shape index (κ3) is 19.8. The number of aliphatic hydroxyl groups excluding tert-OH is 3. The second-order valence-corrected chi connectivity index (χ2v) is 12.5. The predicted molar refractivity (Wildman–Crippen MR) is 236 cm³/mol. The largest absolute Gasteiger partial charge is 0.508 e. The molecule has 8 N–H and O–H groups in total. The van der Waals surface area contributed by atoms with Crippen molar-refractivity contribution in [2.45, 2.75) is 12.8 Å². The van der Waals surface area contributed by atoms with Gasteiger partial charge in [-0.2, -0.15) is 0 Å². The first-order valence-electron chi connectivity index (χ1n) is 18.6. The van der Waals surface area contributed by atoms with Gasteiger partial charge in [0.05, 0.1) is 41.0 Å². The number of phenolic OH excluding ortho intramolecular Hbond substituents is 5. The molecule has 0 saturated heterocycles. The summed E-state index contributed by atoms with van der Waals surface area (Å²) >= 11 is 0. The molecule has 0 heterocycles. The summed E-state index contributed by atoms with van der Waals surface area (Å²) in [5, 5.41) is 71.6. The Labute approximate surface area is 355 Å². The number of ether oxygens (including phenoxy) is 3. The molecule has 0 atom stereocenters. The molecule has 0 bridgehead atoms. The highest BCUT2D eigenvalue weighted by molar-refractivity contribution is 6.10. The molecule has 13 heteroatoms. The Morgan fingerprint density at radius 1 is 0.475 bits per heavy atom. The van der Waals surface area contributed by atoms with Gasteiger partial charge in [-0.1, -0.05) is 78.9 Å². The van der Waals surface area contributed by atoms with E-state index in [1.807, 2.05) is 0 Å². The zero-order valence-electron chi connectivity index (χ0n) is 34.1. The monoisotopic (exact) mass is 836 g/mol. The summed E-state index contributed by atoms with van der Waals surface area (Å²) in [6, 6.07) is 27.9. The van der Waals surface area contributed by atoms with Crippen LogP contribution in [0.5, 0.6) is 46.0 Å². The first-order chi connectivity index (χ1) is 29.3. The Kier molecular flexibility index (Phi) is 23.0. The van der Waals surface area contributed by atoms with Gasteiger partial charge in [0.1, 0.15) is 11.5 Å². The van der Waals surface area contributed by atoms with E-state index < -0.39 is 0 Å². The standard InChI is InChI=1S/C21H20O6.C10H12O3.C9H10O2.C8H10O2/c1-26-20-11-14(5-9-18(20)24)3-7-16(22)13-17(23)8-4-15-6-10-19(25)21(12-15)27-2;1-13-10-7-8(3-2-6-11)4-5-9(10)12;10-7-1-2-8-3-5-9(11)6-4-8;9-6-5-7-1-3-8(10)4-2-7/h3-12,24-25H,13H2,1-2H3;2-5,7,11-12H,6H2,1H3;1-6,10-11H,7H2;1-4,9-10H,5-6H2/b7-3+,8-4+;3-2+;2-1+;. The normalized spacial score (nSPS) is 10.7. The van der Waals surface area contributed by atoms with Crippen LogP contribution in [0.3, 0.4) is 0 Å². The molecule has 61 heavy (non-hydrogen) atoms. The van der Waals surface area contributed by atoms with Crippen molar-refractivity contribution in [1.82, 2.24) is 0 Å². The first kappa shape index (κ1) is 49.8. The van der Waals surface area contributed by atoms with E-state index in [9.17, 15) is 24.9 Å². The number of rotatable bonds is 15. The van der Waals surface area contributed by atoms with Crippen LogP contribution < -0.4 is 14.2 Å². The van der Waals surface area contributed by atoms with Crippen molar-refractivity contribution in [3.63, 3.8) is 0 Å².